The van der Waals surface area contributed by atoms with Gasteiger partial charge in [0.1, 0.15) is 0 Å². The van der Waals surface area contributed by atoms with Crippen molar-refractivity contribution in [2.24, 2.45) is 17.0 Å². The number of benzene rings is 1. The van der Waals surface area contributed by atoms with Gasteiger partial charge >= 0.3 is 0 Å². The van der Waals surface area contributed by atoms with Crippen LogP contribution in [0.4, 0.5) is 0 Å². The first-order chi connectivity index (χ1) is 10.1. The predicted octanol–water partition coefficient (Wildman–Crippen LogP) is 0.813. The summed E-state index contributed by atoms with van der Waals surface area (Å²) in [4.78, 5) is 14.1. The Kier molecular flexibility index (Phi) is 4.34. The Labute approximate surface area is 131 Å². The topological polar surface area (TPSA) is 101 Å². The number of β-amino-alcohol motifs (C(OH)–C–C–N with tert-alkyl or cyclic N) is 1. The summed E-state index contributed by atoms with van der Waals surface area (Å²) in [5.41, 5.74) is -0.511. The monoisotopic (exact) mass is 326 g/mol. The molecule has 3 N–H and O–H groups in total. The van der Waals surface area contributed by atoms with Crippen molar-refractivity contribution >= 4 is 15.9 Å². The fourth-order valence-corrected chi connectivity index (χ4v) is 3.41. The molecule has 2 rings (SSSR count). The highest BCUT2D eigenvalue weighted by Crippen LogP contribution is 2.34. The molecule has 0 saturated carbocycles. The normalized spacial score (nSPS) is 25.7. The first kappa shape index (κ1) is 16.9. The molecule has 0 spiro atoms. The second-order valence-corrected chi connectivity index (χ2v) is 7.86. The molecule has 0 radical (unpaired) electrons. The molecule has 1 aromatic carbocycles. The minimum atomic E-state index is -3.77. The van der Waals surface area contributed by atoms with Gasteiger partial charge in [0.15, 0.2) is 0 Å². The van der Waals surface area contributed by atoms with Gasteiger partial charge in [-0.2, -0.15) is 0 Å². The van der Waals surface area contributed by atoms with Gasteiger partial charge in [-0.3, -0.25) is 4.79 Å². The van der Waals surface area contributed by atoms with E-state index in [-0.39, 0.29) is 29.2 Å². The molecule has 1 amide bonds. The quantitative estimate of drug-likeness (QED) is 0.858. The summed E-state index contributed by atoms with van der Waals surface area (Å²) < 4.78 is 22.4. The number of aliphatic hydroxyl groups is 1. The smallest absolute Gasteiger partial charge is 0.253 e. The Morgan fingerprint density at radius 3 is 2.32 bits per heavy atom. The number of nitrogens with two attached hydrogens (primary N) is 1. The molecule has 1 saturated heterocycles. The van der Waals surface area contributed by atoms with Gasteiger partial charge < -0.3 is 10.0 Å². The number of nitrogens with zero attached hydrogens (tertiary/aromatic N) is 1. The van der Waals surface area contributed by atoms with Crippen LogP contribution in [0.5, 0.6) is 0 Å². The molecule has 0 aliphatic carbocycles. The van der Waals surface area contributed by atoms with E-state index in [0.717, 1.165) is 0 Å². The lowest BCUT2D eigenvalue weighted by Crippen LogP contribution is -2.43. The number of primary sulfonamides is 1. The van der Waals surface area contributed by atoms with E-state index in [9.17, 15) is 18.3 Å². The molecule has 0 unspecified atom stereocenters. The number of amides is 1. The molecule has 1 heterocycles. The summed E-state index contributed by atoms with van der Waals surface area (Å²) in [6.45, 7) is 6.56. The number of carbonyl (C=O) groups is 1. The lowest BCUT2D eigenvalue weighted by atomic mass is 9.82. The van der Waals surface area contributed by atoms with Gasteiger partial charge in [0.2, 0.25) is 10.0 Å². The Bertz CT molecular complexity index is 669. The minimum Gasteiger partial charge on any atom is -0.387 e. The molecule has 7 heteroatoms. The molecule has 1 aliphatic heterocycles. The van der Waals surface area contributed by atoms with Crippen LogP contribution in [-0.2, 0) is 10.0 Å². The summed E-state index contributed by atoms with van der Waals surface area (Å²) in [7, 11) is -3.77. The second-order valence-electron chi connectivity index (χ2n) is 6.30. The minimum absolute atomic E-state index is 0.0138. The molecule has 22 heavy (non-hydrogen) atoms. The van der Waals surface area contributed by atoms with Crippen LogP contribution in [0.25, 0.3) is 0 Å². The van der Waals surface area contributed by atoms with Crippen LogP contribution < -0.4 is 5.14 Å². The largest absolute Gasteiger partial charge is 0.387 e. The van der Waals surface area contributed by atoms with Gasteiger partial charge in [0.25, 0.3) is 5.91 Å². The third-order valence-corrected chi connectivity index (χ3v) is 5.44. The highest BCUT2D eigenvalue weighted by atomic mass is 32.2. The van der Waals surface area contributed by atoms with E-state index < -0.39 is 15.6 Å². The summed E-state index contributed by atoms with van der Waals surface area (Å²) in [5, 5.41) is 15.7. The molecule has 1 aromatic rings. The number of sulfonamides is 1. The predicted molar refractivity (Wildman–Crippen MR) is 82.7 cm³/mol. The maximum Gasteiger partial charge on any atom is 0.253 e. The van der Waals surface area contributed by atoms with Crippen LogP contribution in [0.1, 0.15) is 31.1 Å². The number of rotatable bonds is 3. The molecule has 6 nitrogen and oxygen atoms in total. The average molecular weight is 326 g/mol. The van der Waals surface area contributed by atoms with E-state index in [1.165, 1.54) is 24.3 Å². The molecule has 1 aliphatic rings. The molecule has 1 fully saturated rings. The molecular formula is C15H22N2O4S. The van der Waals surface area contributed by atoms with Gasteiger partial charge in [-0.05, 0) is 30.2 Å². The number of hydrogen-bond acceptors (Lipinski definition) is 4. The number of likely N-dealkylation sites (tertiary alicyclic amines) is 1. The van der Waals surface area contributed by atoms with Crippen molar-refractivity contribution in [3.8, 4) is 0 Å². The van der Waals surface area contributed by atoms with E-state index in [0.29, 0.717) is 12.1 Å². The van der Waals surface area contributed by atoms with Gasteiger partial charge in [0.05, 0.1) is 17.0 Å². The van der Waals surface area contributed by atoms with E-state index in [4.69, 9.17) is 5.14 Å². The highest BCUT2D eigenvalue weighted by Gasteiger charge is 2.46. The molecular weight excluding hydrogens is 304 g/mol. The van der Waals surface area contributed by atoms with Gasteiger partial charge in [-0.25, -0.2) is 13.6 Å². The Morgan fingerprint density at radius 2 is 1.91 bits per heavy atom. The molecule has 122 valence electrons. The van der Waals surface area contributed by atoms with Gasteiger partial charge in [-0.15, -0.1) is 0 Å². The zero-order valence-corrected chi connectivity index (χ0v) is 13.8. The van der Waals surface area contributed by atoms with E-state index >= 15 is 0 Å². The van der Waals surface area contributed by atoms with Crippen molar-refractivity contribution in [1.82, 2.24) is 4.90 Å². The zero-order valence-electron chi connectivity index (χ0n) is 13.0. The lowest BCUT2D eigenvalue weighted by molar-refractivity contribution is -0.0243. The third-order valence-electron chi connectivity index (χ3n) is 4.51. The Hall–Kier alpha value is -1.44. The van der Waals surface area contributed by atoms with Crippen LogP contribution in [0, 0.1) is 11.8 Å². The van der Waals surface area contributed by atoms with E-state index in [1.54, 1.807) is 4.90 Å². The molecule has 0 aromatic heterocycles. The van der Waals surface area contributed by atoms with Gasteiger partial charge in [0, 0.05) is 18.0 Å². The third kappa shape index (κ3) is 3.02. The van der Waals surface area contributed by atoms with Crippen molar-refractivity contribution in [2.45, 2.75) is 31.3 Å². The van der Waals surface area contributed by atoms with E-state index in [1.807, 2.05) is 20.8 Å². The number of hydrogen-bond donors (Lipinski definition) is 2. The Morgan fingerprint density at radius 1 is 1.36 bits per heavy atom. The SMILES string of the molecule is CC(C)[C@@]1(O)CN(C(=O)c2ccc(S(N)(=O)=O)cc2)C[C@@H]1C. The van der Waals surface area contributed by atoms with Crippen LogP contribution in [0.2, 0.25) is 0 Å². The standard InChI is InChI=1S/C15H22N2O4S/c1-10(2)15(19)9-17(8-11(15)3)14(18)12-4-6-13(7-5-12)22(16,20)21/h4-7,10-11,19H,8-9H2,1-3H3,(H2,16,20,21)/t11-,15-/m0/s1. The van der Waals surface area contributed by atoms with Crippen molar-refractivity contribution in [1.29, 1.82) is 0 Å². The van der Waals surface area contributed by atoms with Crippen molar-refractivity contribution in [3.05, 3.63) is 29.8 Å². The summed E-state index contributed by atoms with van der Waals surface area (Å²) in [6, 6.07) is 5.52. The maximum absolute atomic E-state index is 12.5. The fourth-order valence-electron chi connectivity index (χ4n) is 2.89. The second kappa shape index (κ2) is 5.64. The summed E-state index contributed by atoms with van der Waals surface area (Å²) in [5.74, 6) is -0.186. The fraction of sp³-hybridized carbons (Fsp3) is 0.533. The number of carbonyl (C=O) groups excluding carboxylic acids is 1. The maximum atomic E-state index is 12.5. The van der Waals surface area contributed by atoms with Crippen molar-refractivity contribution in [3.63, 3.8) is 0 Å². The summed E-state index contributed by atoms with van der Waals surface area (Å²) >= 11 is 0. The van der Waals surface area contributed by atoms with Crippen LogP contribution >= 0.6 is 0 Å². The van der Waals surface area contributed by atoms with Gasteiger partial charge in [-0.1, -0.05) is 20.8 Å². The first-order valence-corrected chi connectivity index (χ1v) is 8.75. The first-order valence-electron chi connectivity index (χ1n) is 7.20. The average Bonchev–Trinajstić information content (AvgIpc) is 2.74. The lowest BCUT2D eigenvalue weighted by Gasteiger charge is -2.31. The Balaban J connectivity index is 2.20. The summed E-state index contributed by atoms with van der Waals surface area (Å²) in [6.07, 6.45) is 0. The highest BCUT2D eigenvalue weighted by molar-refractivity contribution is 7.89. The van der Waals surface area contributed by atoms with Crippen LogP contribution in [0.15, 0.2) is 29.2 Å². The zero-order chi connectivity index (χ0) is 16.7. The molecule has 0 bridgehead atoms. The van der Waals surface area contributed by atoms with Crippen LogP contribution in [0.3, 0.4) is 0 Å². The molecule has 2 atom stereocenters. The van der Waals surface area contributed by atoms with Crippen molar-refractivity contribution < 1.29 is 18.3 Å². The van der Waals surface area contributed by atoms with Crippen molar-refractivity contribution in [2.75, 3.05) is 13.1 Å². The van der Waals surface area contributed by atoms with Crippen LogP contribution in [-0.4, -0.2) is 43.0 Å². The van der Waals surface area contributed by atoms with E-state index in [2.05, 4.69) is 0 Å².